The molecule has 2 heterocycles. The minimum absolute atomic E-state index is 0.00788. The van der Waals surface area contributed by atoms with Crippen molar-refractivity contribution in [1.29, 1.82) is 0 Å². The van der Waals surface area contributed by atoms with Crippen LogP contribution in [-0.4, -0.2) is 36.5 Å². The zero-order chi connectivity index (χ0) is 20.6. The largest absolute Gasteiger partial charge is 0.457 e. The summed E-state index contributed by atoms with van der Waals surface area (Å²) in [6.07, 6.45) is 0.692. The lowest BCUT2D eigenvalue weighted by Gasteiger charge is -2.38. The second-order valence-corrected chi connectivity index (χ2v) is 9.59. The number of fused-ring (bicyclic) bond motifs is 2. The first kappa shape index (κ1) is 19.8. The molecule has 2 aromatic carbocycles. The number of hydrogen-bond acceptors (Lipinski definition) is 6. The van der Waals surface area contributed by atoms with Crippen LogP contribution in [0.4, 0.5) is 4.39 Å². The van der Waals surface area contributed by atoms with E-state index >= 15 is 0 Å². The van der Waals surface area contributed by atoms with Gasteiger partial charge in [-0.1, -0.05) is 0 Å². The molecule has 7 nitrogen and oxygen atoms in total. The van der Waals surface area contributed by atoms with Crippen LogP contribution in [0.2, 0.25) is 0 Å². The van der Waals surface area contributed by atoms with Crippen molar-refractivity contribution in [3.63, 3.8) is 0 Å². The van der Waals surface area contributed by atoms with E-state index in [-0.39, 0.29) is 29.9 Å². The van der Waals surface area contributed by atoms with Crippen molar-refractivity contribution < 1.29 is 32.3 Å². The fourth-order valence-corrected chi connectivity index (χ4v) is 6.13. The number of hydrogen-bond donors (Lipinski definition) is 2. The molecule has 2 fully saturated rings. The van der Waals surface area contributed by atoms with Crippen molar-refractivity contribution in [2.75, 3.05) is 0 Å². The fraction of sp³-hybridized carbons (Fsp3) is 0.350. The van der Waals surface area contributed by atoms with Gasteiger partial charge in [0.2, 0.25) is 0 Å². The van der Waals surface area contributed by atoms with Crippen molar-refractivity contribution in [3.05, 3.63) is 54.3 Å². The van der Waals surface area contributed by atoms with Crippen LogP contribution in [0.3, 0.4) is 0 Å². The van der Waals surface area contributed by atoms with Crippen LogP contribution >= 0.6 is 0 Å². The van der Waals surface area contributed by atoms with E-state index in [1.165, 1.54) is 54.0 Å². The van der Waals surface area contributed by atoms with Crippen molar-refractivity contribution in [1.82, 2.24) is 5.48 Å². The maximum absolute atomic E-state index is 13.4. The van der Waals surface area contributed by atoms with Crippen molar-refractivity contribution >= 4 is 15.7 Å². The normalized spacial score (nSPS) is 26.1. The topological polar surface area (TPSA) is 102 Å². The third-order valence-electron chi connectivity index (χ3n) is 5.52. The molecule has 0 aliphatic carbocycles. The minimum Gasteiger partial charge on any atom is -0.457 e. The highest BCUT2D eigenvalue weighted by Crippen LogP contribution is 2.45. The Hall–Kier alpha value is -2.49. The average Bonchev–Trinajstić information content (AvgIpc) is 3.07. The number of sulfone groups is 1. The highest BCUT2D eigenvalue weighted by Gasteiger charge is 2.58. The van der Waals surface area contributed by atoms with Gasteiger partial charge in [-0.25, -0.2) is 18.3 Å². The van der Waals surface area contributed by atoms with Crippen LogP contribution in [0.25, 0.3) is 0 Å². The van der Waals surface area contributed by atoms with Crippen molar-refractivity contribution in [2.45, 2.75) is 47.5 Å². The standard InChI is InChI=1S/C20H20FNO6S/c21-13-1-3-14(4-2-13)27-15-7-9-18(10-8-15)29(25,26)20(19(23)22-24)11-16-5-6-17(12-20)28-16/h1-4,7-10,16-17,24H,5-6,11-12H2,(H,22,23). The van der Waals surface area contributed by atoms with E-state index in [1.807, 2.05) is 0 Å². The first-order valence-electron chi connectivity index (χ1n) is 9.22. The smallest absolute Gasteiger partial charge is 0.265 e. The number of nitrogens with one attached hydrogen (secondary N) is 1. The van der Waals surface area contributed by atoms with Crippen molar-refractivity contribution in [2.24, 2.45) is 0 Å². The number of carbonyl (C=O) groups excluding carboxylic acids is 1. The summed E-state index contributed by atoms with van der Waals surface area (Å²) in [6, 6.07) is 11.1. The summed E-state index contributed by atoms with van der Waals surface area (Å²) < 4.78 is 49.3. The molecule has 9 heteroatoms. The number of hydroxylamine groups is 1. The lowest BCUT2D eigenvalue weighted by Crippen LogP contribution is -2.56. The second-order valence-electron chi connectivity index (χ2n) is 7.33. The van der Waals surface area contributed by atoms with Crippen LogP contribution in [0, 0.1) is 5.82 Å². The molecule has 29 heavy (non-hydrogen) atoms. The van der Waals surface area contributed by atoms with Crippen LogP contribution in [-0.2, 0) is 19.4 Å². The number of ether oxygens (including phenoxy) is 2. The Balaban J connectivity index is 1.63. The Morgan fingerprint density at radius 1 is 1.03 bits per heavy atom. The number of halogens is 1. The quantitative estimate of drug-likeness (QED) is 0.569. The summed E-state index contributed by atoms with van der Waals surface area (Å²) in [7, 11) is -4.11. The second kappa shape index (κ2) is 7.40. The summed E-state index contributed by atoms with van der Waals surface area (Å²) in [5.74, 6) is -0.566. The van der Waals surface area contributed by atoms with Crippen molar-refractivity contribution in [3.8, 4) is 11.5 Å². The third kappa shape index (κ3) is 3.50. The van der Waals surface area contributed by atoms with Crippen LogP contribution < -0.4 is 10.2 Å². The SMILES string of the molecule is O=C(NO)C1(S(=O)(=O)c2ccc(Oc3ccc(F)cc3)cc2)CC2CCC(C1)O2. The zero-order valence-electron chi connectivity index (χ0n) is 15.4. The molecule has 0 aromatic heterocycles. The number of benzene rings is 2. The third-order valence-corrected chi connectivity index (χ3v) is 7.96. The molecule has 2 aliphatic rings. The van der Waals surface area contributed by atoms with E-state index in [4.69, 9.17) is 9.47 Å². The molecule has 2 atom stereocenters. The molecule has 2 N–H and O–H groups in total. The Bertz CT molecular complexity index is 994. The van der Waals surface area contributed by atoms with E-state index in [1.54, 1.807) is 0 Å². The summed E-state index contributed by atoms with van der Waals surface area (Å²) in [5.41, 5.74) is 1.54. The summed E-state index contributed by atoms with van der Waals surface area (Å²) in [5, 5.41) is 9.23. The lowest BCUT2D eigenvalue weighted by molar-refractivity contribution is -0.136. The van der Waals surface area contributed by atoms with Gasteiger partial charge in [0.05, 0.1) is 17.1 Å². The molecule has 0 spiro atoms. The number of amides is 1. The molecule has 1 amide bonds. The molecule has 2 saturated heterocycles. The predicted octanol–water partition coefficient (Wildman–Crippen LogP) is 2.98. The lowest BCUT2D eigenvalue weighted by atomic mass is 9.93. The monoisotopic (exact) mass is 421 g/mol. The number of carbonyl (C=O) groups is 1. The minimum atomic E-state index is -4.11. The van der Waals surface area contributed by atoms with E-state index in [2.05, 4.69) is 0 Å². The molecule has 4 rings (SSSR count). The van der Waals surface area contributed by atoms with E-state index < -0.39 is 26.3 Å². The first-order chi connectivity index (χ1) is 13.8. The summed E-state index contributed by atoms with van der Waals surface area (Å²) >= 11 is 0. The zero-order valence-corrected chi connectivity index (χ0v) is 16.2. The van der Waals surface area contributed by atoms with E-state index in [0.29, 0.717) is 24.3 Å². The summed E-state index contributed by atoms with van der Waals surface area (Å²) in [6.45, 7) is 0. The molecule has 2 bridgehead atoms. The molecule has 2 unspecified atom stereocenters. The van der Waals surface area contributed by atoms with Crippen LogP contribution in [0.5, 0.6) is 11.5 Å². The van der Waals surface area contributed by atoms with E-state index in [9.17, 15) is 22.8 Å². The molecule has 0 radical (unpaired) electrons. The van der Waals surface area contributed by atoms with Gasteiger partial charge < -0.3 is 9.47 Å². The Morgan fingerprint density at radius 2 is 1.55 bits per heavy atom. The number of rotatable bonds is 5. The molecule has 154 valence electrons. The van der Waals surface area contributed by atoms with Gasteiger partial charge in [0.15, 0.2) is 14.6 Å². The van der Waals surface area contributed by atoms with Crippen LogP contribution in [0.1, 0.15) is 25.7 Å². The van der Waals surface area contributed by atoms with Gasteiger partial charge in [-0.15, -0.1) is 0 Å². The van der Waals surface area contributed by atoms with Gasteiger partial charge in [-0.3, -0.25) is 10.0 Å². The molecule has 0 saturated carbocycles. The van der Waals surface area contributed by atoms with Gasteiger partial charge in [0.25, 0.3) is 5.91 Å². The maximum Gasteiger partial charge on any atom is 0.265 e. The van der Waals surface area contributed by atoms with Crippen LogP contribution in [0.15, 0.2) is 53.4 Å². The fourth-order valence-electron chi connectivity index (χ4n) is 4.08. The van der Waals surface area contributed by atoms with Gasteiger partial charge in [-0.05, 0) is 61.4 Å². The summed E-state index contributed by atoms with van der Waals surface area (Å²) in [4.78, 5) is 12.5. The highest BCUT2D eigenvalue weighted by molar-refractivity contribution is 7.93. The first-order valence-corrected chi connectivity index (χ1v) is 10.7. The van der Waals surface area contributed by atoms with Gasteiger partial charge in [0.1, 0.15) is 17.3 Å². The highest BCUT2D eigenvalue weighted by atomic mass is 32.2. The Morgan fingerprint density at radius 3 is 2.07 bits per heavy atom. The maximum atomic E-state index is 13.4. The Labute approximate surface area is 167 Å². The molecule has 2 aliphatic heterocycles. The molecular weight excluding hydrogens is 401 g/mol. The van der Waals surface area contributed by atoms with E-state index in [0.717, 1.165) is 0 Å². The van der Waals surface area contributed by atoms with Gasteiger partial charge >= 0.3 is 0 Å². The van der Waals surface area contributed by atoms with Gasteiger partial charge in [0, 0.05) is 12.8 Å². The Kier molecular flexibility index (Phi) is 5.05. The van der Waals surface area contributed by atoms with Gasteiger partial charge in [-0.2, -0.15) is 0 Å². The average molecular weight is 421 g/mol. The molecular formula is C20H20FNO6S. The predicted molar refractivity (Wildman–Crippen MR) is 99.9 cm³/mol. The molecule has 2 aromatic rings.